The van der Waals surface area contributed by atoms with Crippen LogP contribution in [0.5, 0.6) is 5.75 Å². The minimum atomic E-state index is -3.67. The van der Waals surface area contributed by atoms with Gasteiger partial charge in [-0.25, -0.2) is 13.2 Å². The fourth-order valence-electron chi connectivity index (χ4n) is 3.66. The Hall–Kier alpha value is -3.36. The summed E-state index contributed by atoms with van der Waals surface area (Å²) in [5.41, 5.74) is 1.87. The van der Waals surface area contributed by atoms with E-state index in [0.717, 1.165) is 12.0 Å². The highest BCUT2D eigenvalue weighted by Gasteiger charge is 2.30. The van der Waals surface area contributed by atoms with Gasteiger partial charge in [0.05, 0.1) is 11.5 Å². The molecule has 1 N–H and O–H groups in total. The average molecular weight is 466 g/mol. The highest BCUT2D eigenvalue weighted by atomic mass is 32.2. The van der Waals surface area contributed by atoms with Crippen LogP contribution in [0.15, 0.2) is 89.8 Å². The summed E-state index contributed by atoms with van der Waals surface area (Å²) in [5.74, 6) is 0.521. The van der Waals surface area contributed by atoms with Crippen LogP contribution in [0.2, 0.25) is 0 Å². The van der Waals surface area contributed by atoms with Crippen LogP contribution >= 0.6 is 0 Å². The highest BCUT2D eigenvalue weighted by molar-refractivity contribution is 7.89. The number of rotatable bonds is 7. The maximum absolute atomic E-state index is 13.2. The molecule has 3 aromatic carbocycles. The normalized spacial score (nSPS) is 14.6. The first-order chi connectivity index (χ1) is 16.0. The molecule has 0 atom stereocenters. The molecule has 1 aliphatic rings. The number of hydrogen-bond acceptors (Lipinski definition) is 4. The van der Waals surface area contributed by atoms with E-state index >= 15 is 0 Å². The Morgan fingerprint density at radius 2 is 1.52 bits per heavy atom. The number of anilines is 1. The molecule has 172 valence electrons. The molecule has 1 heterocycles. The SMILES string of the molecule is O=C(Nc1ccccc1)N1CCN(S(=O)(=O)c2cccc(OCCc3ccccc3)c2)CC1. The van der Waals surface area contributed by atoms with Gasteiger partial charge in [0.1, 0.15) is 5.75 Å². The third kappa shape index (κ3) is 5.91. The zero-order valence-electron chi connectivity index (χ0n) is 18.3. The van der Waals surface area contributed by atoms with Gasteiger partial charge in [-0.15, -0.1) is 0 Å². The number of carbonyl (C=O) groups excluding carboxylic acids is 1. The second-order valence-corrected chi connectivity index (χ2v) is 9.68. The molecule has 0 saturated carbocycles. The third-order valence-electron chi connectivity index (χ3n) is 5.50. The van der Waals surface area contributed by atoms with E-state index in [2.05, 4.69) is 5.32 Å². The first-order valence-corrected chi connectivity index (χ1v) is 12.3. The Balaban J connectivity index is 1.33. The average Bonchev–Trinajstić information content (AvgIpc) is 2.85. The predicted molar refractivity (Wildman–Crippen MR) is 128 cm³/mol. The fourth-order valence-corrected chi connectivity index (χ4v) is 5.12. The molecule has 0 bridgehead atoms. The van der Waals surface area contributed by atoms with Crippen molar-refractivity contribution in [3.63, 3.8) is 0 Å². The van der Waals surface area contributed by atoms with Crippen LogP contribution in [0.1, 0.15) is 5.56 Å². The Labute approximate surface area is 194 Å². The quantitative estimate of drug-likeness (QED) is 0.575. The molecule has 0 aromatic heterocycles. The van der Waals surface area contributed by atoms with Gasteiger partial charge < -0.3 is 15.0 Å². The van der Waals surface area contributed by atoms with Crippen LogP contribution in [0.4, 0.5) is 10.5 Å². The lowest BCUT2D eigenvalue weighted by molar-refractivity contribution is 0.184. The number of ether oxygens (including phenoxy) is 1. The zero-order valence-corrected chi connectivity index (χ0v) is 19.1. The summed E-state index contributed by atoms with van der Waals surface area (Å²) in [6.07, 6.45) is 0.741. The minimum Gasteiger partial charge on any atom is -0.493 e. The molecule has 0 spiro atoms. The van der Waals surface area contributed by atoms with Crippen LogP contribution in [0.3, 0.4) is 0 Å². The highest BCUT2D eigenvalue weighted by Crippen LogP contribution is 2.22. The molecule has 0 unspecified atom stereocenters. The van der Waals surface area contributed by atoms with E-state index in [9.17, 15) is 13.2 Å². The van der Waals surface area contributed by atoms with Crippen LogP contribution < -0.4 is 10.1 Å². The predicted octanol–water partition coefficient (Wildman–Crippen LogP) is 3.85. The minimum absolute atomic E-state index is 0.196. The molecule has 4 rings (SSSR count). The van der Waals surface area contributed by atoms with Crippen molar-refractivity contribution in [3.8, 4) is 5.75 Å². The van der Waals surface area contributed by atoms with Crippen LogP contribution in [-0.4, -0.2) is 56.4 Å². The molecule has 8 heteroatoms. The Kier molecular flexibility index (Phi) is 7.26. The van der Waals surface area contributed by atoms with Gasteiger partial charge in [-0.1, -0.05) is 54.6 Å². The molecule has 7 nitrogen and oxygen atoms in total. The Morgan fingerprint density at radius 1 is 0.848 bits per heavy atom. The van der Waals surface area contributed by atoms with Crippen molar-refractivity contribution in [2.75, 3.05) is 38.1 Å². The van der Waals surface area contributed by atoms with Crippen molar-refractivity contribution in [3.05, 3.63) is 90.5 Å². The van der Waals surface area contributed by atoms with E-state index < -0.39 is 10.0 Å². The number of amides is 2. The second kappa shape index (κ2) is 10.5. The third-order valence-corrected chi connectivity index (χ3v) is 7.39. The number of hydrogen-bond donors (Lipinski definition) is 1. The zero-order chi connectivity index (χ0) is 23.1. The summed E-state index contributed by atoms with van der Waals surface area (Å²) < 4.78 is 33.5. The second-order valence-electron chi connectivity index (χ2n) is 7.75. The van der Waals surface area contributed by atoms with Gasteiger partial charge in [0, 0.05) is 44.4 Å². The number of benzene rings is 3. The van der Waals surface area contributed by atoms with Crippen molar-refractivity contribution < 1.29 is 17.9 Å². The van der Waals surface area contributed by atoms with Gasteiger partial charge in [-0.3, -0.25) is 0 Å². The fraction of sp³-hybridized carbons (Fsp3) is 0.240. The molecule has 0 aliphatic carbocycles. The molecule has 0 radical (unpaired) electrons. The molecular formula is C25H27N3O4S. The summed E-state index contributed by atoms with van der Waals surface area (Å²) in [7, 11) is -3.67. The smallest absolute Gasteiger partial charge is 0.321 e. The van der Waals surface area contributed by atoms with E-state index in [1.807, 2.05) is 60.7 Å². The summed E-state index contributed by atoms with van der Waals surface area (Å²) in [4.78, 5) is 14.3. The van der Waals surface area contributed by atoms with Gasteiger partial charge in [-0.2, -0.15) is 4.31 Å². The van der Waals surface area contributed by atoms with Crippen molar-refractivity contribution in [1.82, 2.24) is 9.21 Å². The number of sulfonamides is 1. The maximum Gasteiger partial charge on any atom is 0.321 e. The van der Waals surface area contributed by atoms with Crippen molar-refractivity contribution in [2.45, 2.75) is 11.3 Å². The molecule has 1 saturated heterocycles. The number of nitrogens with one attached hydrogen (secondary N) is 1. The number of urea groups is 1. The van der Waals surface area contributed by atoms with Crippen molar-refractivity contribution >= 4 is 21.7 Å². The lowest BCUT2D eigenvalue weighted by Gasteiger charge is -2.34. The van der Waals surface area contributed by atoms with Gasteiger partial charge in [0.15, 0.2) is 0 Å². The molecule has 3 aromatic rings. The molecule has 33 heavy (non-hydrogen) atoms. The van der Waals surface area contributed by atoms with Crippen LogP contribution in [0.25, 0.3) is 0 Å². The van der Waals surface area contributed by atoms with E-state index in [4.69, 9.17) is 4.74 Å². The lowest BCUT2D eigenvalue weighted by Crippen LogP contribution is -2.51. The van der Waals surface area contributed by atoms with E-state index in [1.54, 1.807) is 29.2 Å². The lowest BCUT2D eigenvalue weighted by atomic mass is 10.2. The number of carbonyl (C=O) groups is 1. The molecule has 1 fully saturated rings. The monoisotopic (exact) mass is 465 g/mol. The van der Waals surface area contributed by atoms with Crippen molar-refractivity contribution in [2.24, 2.45) is 0 Å². The van der Waals surface area contributed by atoms with E-state index in [1.165, 1.54) is 4.31 Å². The number of piperazine rings is 1. The van der Waals surface area contributed by atoms with Gasteiger partial charge >= 0.3 is 6.03 Å². The first-order valence-electron chi connectivity index (χ1n) is 10.9. The number of nitrogens with zero attached hydrogens (tertiary/aromatic N) is 2. The summed E-state index contributed by atoms with van der Waals surface area (Å²) in [5, 5.41) is 2.84. The van der Waals surface area contributed by atoms with Gasteiger partial charge in [-0.05, 0) is 29.8 Å². The van der Waals surface area contributed by atoms with Crippen LogP contribution in [0, 0.1) is 0 Å². The van der Waals surface area contributed by atoms with Crippen molar-refractivity contribution in [1.29, 1.82) is 0 Å². The summed E-state index contributed by atoms with van der Waals surface area (Å²) in [6, 6.07) is 25.5. The standard InChI is InChI=1S/C25H27N3O4S/c29-25(26-22-10-5-2-6-11-22)27-15-17-28(18-16-27)33(30,31)24-13-7-12-23(20-24)32-19-14-21-8-3-1-4-9-21/h1-13,20H,14-19H2,(H,26,29). The van der Waals surface area contributed by atoms with Gasteiger partial charge in [0.2, 0.25) is 10.0 Å². The summed E-state index contributed by atoms with van der Waals surface area (Å²) in [6.45, 7) is 1.59. The topological polar surface area (TPSA) is 79.0 Å². The number of para-hydroxylation sites is 1. The molecule has 1 aliphatic heterocycles. The molecule has 2 amide bonds. The maximum atomic E-state index is 13.2. The van der Waals surface area contributed by atoms with E-state index in [-0.39, 0.29) is 24.0 Å². The Bertz CT molecular complexity index is 1160. The largest absolute Gasteiger partial charge is 0.493 e. The summed E-state index contributed by atoms with van der Waals surface area (Å²) >= 11 is 0. The van der Waals surface area contributed by atoms with E-state index in [0.29, 0.717) is 31.1 Å². The van der Waals surface area contributed by atoms with Crippen LogP contribution in [-0.2, 0) is 16.4 Å². The molecular weight excluding hydrogens is 438 g/mol. The first kappa shape index (κ1) is 22.8. The Morgan fingerprint density at radius 3 is 2.21 bits per heavy atom. The van der Waals surface area contributed by atoms with Gasteiger partial charge in [0.25, 0.3) is 0 Å².